The summed E-state index contributed by atoms with van der Waals surface area (Å²) in [7, 11) is -3.31. The lowest BCUT2D eigenvalue weighted by Crippen LogP contribution is -1.97. The average Bonchev–Trinajstić information content (AvgIpc) is 2.91. The molecule has 0 saturated heterocycles. The number of sulfone groups is 1. The molecule has 3 aromatic rings. The van der Waals surface area contributed by atoms with E-state index in [4.69, 9.17) is 4.42 Å². The monoisotopic (exact) mass is 340 g/mol. The number of H-pyrrole nitrogens is 1. The third kappa shape index (κ3) is 2.08. The lowest BCUT2D eigenvalue weighted by molar-refractivity contribution is 0.542. The second-order valence-corrected chi connectivity index (χ2v) is 6.82. The largest absolute Gasteiger partial charge is 0.457 e. The zero-order valence-corrected chi connectivity index (χ0v) is 12.2. The first-order valence-electron chi connectivity index (χ1n) is 5.39. The van der Waals surface area contributed by atoms with E-state index in [2.05, 4.69) is 25.9 Å². The summed E-state index contributed by atoms with van der Waals surface area (Å²) in [4.78, 5) is 7.66. The molecular formula is C12H9BrN2O3S. The highest BCUT2D eigenvalue weighted by Crippen LogP contribution is 2.30. The number of rotatable bonds is 2. The molecule has 0 atom stereocenters. The number of hydrogen-bond acceptors (Lipinski definition) is 4. The molecule has 2 heterocycles. The second kappa shape index (κ2) is 4.21. The van der Waals surface area contributed by atoms with Crippen LogP contribution in [-0.4, -0.2) is 24.6 Å². The van der Waals surface area contributed by atoms with Gasteiger partial charge in [-0.1, -0.05) is 6.07 Å². The van der Waals surface area contributed by atoms with E-state index in [1.165, 1.54) is 12.5 Å². The van der Waals surface area contributed by atoms with Gasteiger partial charge in [0.25, 0.3) is 0 Å². The highest BCUT2D eigenvalue weighted by atomic mass is 79.9. The van der Waals surface area contributed by atoms with E-state index in [0.29, 0.717) is 21.5 Å². The molecule has 0 saturated carbocycles. The summed E-state index contributed by atoms with van der Waals surface area (Å²) < 4.78 is 29.2. The molecule has 0 aliphatic carbocycles. The summed E-state index contributed by atoms with van der Waals surface area (Å²) in [5.74, 6) is 0.562. The molecule has 3 rings (SSSR count). The van der Waals surface area contributed by atoms with E-state index in [-0.39, 0.29) is 4.90 Å². The van der Waals surface area contributed by atoms with Crippen molar-refractivity contribution in [2.75, 3.05) is 6.26 Å². The van der Waals surface area contributed by atoms with Gasteiger partial charge in [-0.2, -0.15) is 0 Å². The standard InChI is InChI=1S/C12H9BrN2O3S/c1-19(16,17)9-4-2-3-8-10(9)15-12(14-8)7-5-6-18-11(7)13/h2-6H,1H3,(H,14,15). The van der Waals surface area contributed by atoms with Crippen LogP contribution in [-0.2, 0) is 9.84 Å². The number of nitrogens with zero attached hydrogens (tertiary/aromatic N) is 1. The fourth-order valence-corrected chi connectivity index (χ4v) is 3.16. The van der Waals surface area contributed by atoms with Gasteiger partial charge in [-0.3, -0.25) is 0 Å². The van der Waals surface area contributed by atoms with Crippen LogP contribution in [0.4, 0.5) is 0 Å². The second-order valence-electron chi connectivity index (χ2n) is 4.12. The molecule has 0 fully saturated rings. The minimum absolute atomic E-state index is 0.215. The van der Waals surface area contributed by atoms with Crippen LogP contribution in [0.3, 0.4) is 0 Å². The van der Waals surface area contributed by atoms with Crippen molar-refractivity contribution in [1.82, 2.24) is 9.97 Å². The maximum absolute atomic E-state index is 11.7. The lowest BCUT2D eigenvalue weighted by Gasteiger charge is -1.97. The van der Waals surface area contributed by atoms with Gasteiger partial charge in [0.2, 0.25) is 0 Å². The van der Waals surface area contributed by atoms with Crippen molar-refractivity contribution in [3.63, 3.8) is 0 Å². The molecule has 7 heteroatoms. The molecule has 2 aromatic heterocycles. The summed E-state index contributed by atoms with van der Waals surface area (Å²) in [6, 6.07) is 6.77. The van der Waals surface area contributed by atoms with Gasteiger partial charge in [-0.05, 0) is 34.1 Å². The molecule has 19 heavy (non-hydrogen) atoms. The van der Waals surface area contributed by atoms with Gasteiger partial charge in [0.05, 0.1) is 22.2 Å². The smallest absolute Gasteiger partial charge is 0.179 e. The van der Waals surface area contributed by atoms with Crippen molar-refractivity contribution in [3.05, 3.63) is 35.2 Å². The Kier molecular flexibility index (Phi) is 2.75. The number of halogens is 1. The number of hydrogen-bond donors (Lipinski definition) is 1. The molecular weight excluding hydrogens is 332 g/mol. The number of fused-ring (bicyclic) bond motifs is 1. The minimum atomic E-state index is -3.31. The van der Waals surface area contributed by atoms with Crippen LogP contribution in [0, 0.1) is 0 Å². The third-order valence-electron chi connectivity index (χ3n) is 2.75. The van der Waals surface area contributed by atoms with Crippen LogP contribution in [0.1, 0.15) is 0 Å². The average molecular weight is 341 g/mol. The molecule has 0 amide bonds. The first-order valence-corrected chi connectivity index (χ1v) is 8.07. The Morgan fingerprint density at radius 1 is 1.32 bits per heavy atom. The number of benzene rings is 1. The van der Waals surface area contributed by atoms with E-state index in [1.807, 2.05) is 0 Å². The fraction of sp³-hybridized carbons (Fsp3) is 0.0833. The Bertz CT molecular complexity index is 864. The van der Waals surface area contributed by atoms with E-state index in [1.54, 1.807) is 24.3 Å². The minimum Gasteiger partial charge on any atom is -0.457 e. The van der Waals surface area contributed by atoms with Crippen molar-refractivity contribution in [2.45, 2.75) is 4.90 Å². The summed E-state index contributed by atoms with van der Waals surface area (Å²) >= 11 is 3.27. The molecule has 1 aromatic carbocycles. The van der Waals surface area contributed by atoms with E-state index in [0.717, 1.165) is 5.56 Å². The van der Waals surface area contributed by atoms with Gasteiger partial charge in [0.15, 0.2) is 14.5 Å². The molecule has 0 bridgehead atoms. The maximum atomic E-state index is 11.7. The molecule has 98 valence electrons. The quantitative estimate of drug-likeness (QED) is 0.777. The van der Waals surface area contributed by atoms with Gasteiger partial charge in [-0.15, -0.1) is 0 Å². The summed E-state index contributed by atoms with van der Waals surface area (Å²) in [6.07, 6.45) is 2.70. The van der Waals surface area contributed by atoms with E-state index < -0.39 is 9.84 Å². The van der Waals surface area contributed by atoms with Gasteiger partial charge < -0.3 is 9.40 Å². The number of nitrogens with one attached hydrogen (secondary N) is 1. The van der Waals surface area contributed by atoms with Gasteiger partial charge in [0, 0.05) is 6.26 Å². The van der Waals surface area contributed by atoms with Gasteiger partial charge in [0.1, 0.15) is 11.3 Å². The summed E-state index contributed by atoms with van der Waals surface area (Å²) in [5.41, 5.74) is 1.86. The van der Waals surface area contributed by atoms with Crippen molar-refractivity contribution >= 4 is 36.8 Å². The van der Waals surface area contributed by atoms with Crippen LogP contribution in [0.15, 0.2) is 44.5 Å². The van der Waals surface area contributed by atoms with Crippen molar-refractivity contribution in [1.29, 1.82) is 0 Å². The number of para-hydroxylation sites is 1. The SMILES string of the molecule is CS(=O)(=O)c1cccc2[nH]c(-c3ccoc3Br)nc12. The van der Waals surface area contributed by atoms with Gasteiger partial charge in [-0.25, -0.2) is 13.4 Å². The zero-order chi connectivity index (χ0) is 13.6. The topological polar surface area (TPSA) is 76.0 Å². The predicted molar refractivity (Wildman–Crippen MR) is 74.6 cm³/mol. The maximum Gasteiger partial charge on any atom is 0.179 e. The number of furan rings is 1. The van der Waals surface area contributed by atoms with E-state index >= 15 is 0 Å². The van der Waals surface area contributed by atoms with Crippen LogP contribution < -0.4 is 0 Å². The molecule has 5 nitrogen and oxygen atoms in total. The van der Waals surface area contributed by atoms with Crippen LogP contribution in [0.25, 0.3) is 22.4 Å². The summed E-state index contributed by atoms with van der Waals surface area (Å²) in [5, 5.41) is 0. The van der Waals surface area contributed by atoms with Crippen LogP contribution >= 0.6 is 15.9 Å². The van der Waals surface area contributed by atoms with E-state index in [9.17, 15) is 8.42 Å². The predicted octanol–water partition coefficient (Wildman–Crippen LogP) is 2.99. The van der Waals surface area contributed by atoms with Crippen molar-refractivity contribution in [2.24, 2.45) is 0 Å². The lowest BCUT2D eigenvalue weighted by atomic mass is 10.3. The normalized spacial score (nSPS) is 12.1. The first-order chi connectivity index (χ1) is 8.97. The van der Waals surface area contributed by atoms with Crippen molar-refractivity contribution < 1.29 is 12.8 Å². The Balaban J connectivity index is 2.31. The highest BCUT2D eigenvalue weighted by molar-refractivity contribution is 9.10. The summed E-state index contributed by atoms with van der Waals surface area (Å²) in [6.45, 7) is 0. The zero-order valence-electron chi connectivity index (χ0n) is 9.84. The first kappa shape index (κ1) is 12.4. The van der Waals surface area contributed by atoms with Crippen LogP contribution in [0.5, 0.6) is 0 Å². The Morgan fingerprint density at radius 3 is 2.74 bits per heavy atom. The number of imidazole rings is 1. The van der Waals surface area contributed by atoms with Crippen molar-refractivity contribution in [3.8, 4) is 11.4 Å². The molecule has 0 spiro atoms. The Labute approximate surface area is 117 Å². The molecule has 1 N–H and O–H groups in total. The van der Waals surface area contributed by atoms with Gasteiger partial charge >= 0.3 is 0 Å². The number of aromatic amines is 1. The van der Waals surface area contributed by atoms with Crippen LogP contribution in [0.2, 0.25) is 0 Å². The number of aromatic nitrogens is 2. The molecule has 0 aliphatic rings. The molecule has 0 radical (unpaired) electrons. The Morgan fingerprint density at radius 2 is 2.11 bits per heavy atom. The third-order valence-corrected chi connectivity index (χ3v) is 4.49. The highest BCUT2D eigenvalue weighted by Gasteiger charge is 2.17. The molecule has 0 aliphatic heterocycles. The Hall–Kier alpha value is -1.60. The fourth-order valence-electron chi connectivity index (χ4n) is 1.90. The molecule has 0 unspecified atom stereocenters.